The van der Waals surface area contributed by atoms with Crippen molar-refractivity contribution < 1.29 is 0 Å². The molecule has 0 heterocycles. The third kappa shape index (κ3) is 2.38. The van der Waals surface area contributed by atoms with Gasteiger partial charge in [-0.3, -0.25) is 0 Å². The van der Waals surface area contributed by atoms with Crippen molar-refractivity contribution in [2.75, 3.05) is 13.6 Å². The van der Waals surface area contributed by atoms with Crippen LogP contribution in [-0.4, -0.2) is 19.4 Å². The fourth-order valence-electron chi connectivity index (χ4n) is 0.301. The predicted octanol–water partition coefficient (Wildman–Crippen LogP) is -2.06. The number of hydrazone groups is 1. The summed E-state index contributed by atoms with van der Waals surface area (Å²) in [4.78, 5) is 0. The van der Waals surface area contributed by atoms with Crippen LogP contribution in [0.2, 0.25) is 0 Å². The molecule has 48 valence electrons. The highest BCUT2D eigenvalue weighted by molar-refractivity contribution is 5.83. The molecule has 0 aromatic carbocycles. The molecular weight excluding hydrogens is 106 g/mol. The van der Waals surface area contributed by atoms with Crippen LogP contribution in [-0.2, 0) is 0 Å². The van der Waals surface area contributed by atoms with E-state index in [-0.39, 0.29) is 0 Å². The van der Waals surface area contributed by atoms with Crippen LogP contribution in [0.4, 0.5) is 0 Å². The first kappa shape index (κ1) is 7.19. The average molecular weight is 117 g/mol. The second kappa shape index (κ2) is 4.35. The summed E-state index contributed by atoms with van der Waals surface area (Å²) in [5.74, 6) is 10.4. The SMILES string of the molecule is CNC/C(=N/N)NN. The van der Waals surface area contributed by atoms with Crippen LogP contribution in [0.1, 0.15) is 0 Å². The van der Waals surface area contributed by atoms with Gasteiger partial charge in [0.15, 0.2) is 0 Å². The Bertz CT molecular complexity index is 77.7. The number of rotatable bonds is 2. The molecule has 0 aliphatic carbocycles. The first-order valence-electron chi connectivity index (χ1n) is 2.23. The summed E-state index contributed by atoms with van der Waals surface area (Å²) in [6, 6.07) is 0. The highest BCUT2D eigenvalue weighted by atomic mass is 15.3. The smallest absolute Gasteiger partial charge is 0.149 e. The maximum absolute atomic E-state index is 4.97. The monoisotopic (exact) mass is 117 g/mol. The summed E-state index contributed by atoms with van der Waals surface area (Å²) in [7, 11) is 1.78. The standard InChI is InChI=1S/C3H11N5/c1-6-2-3(7-4)8-5/h6H,2,4-5H2,1H3,(H,7,8). The van der Waals surface area contributed by atoms with Crippen molar-refractivity contribution in [3.8, 4) is 0 Å². The van der Waals surface area contributed by atoms with Crippen LogP contribution in [0.5, 0.6) is 0 Å². The Kier molecular flexibility index (Phi) is 3.91. The lowest BCUT2D eigenvalue weighted by Crippen LogP contribution is -2.37. The van der Waals surface area contributed by atoms with Crippen molar-refractivity contribution in [3.05, 3.63) is 0 Å². The molecule has 5 nitrogen and oxygen atoms in total. The number of amidine groups is 1. The van der Waals surface area contributed by atoms with Crippen LogP contribution >= 0.6 is 0 Å². The van der Waals surface area contributed by atoms with Gasteiger partial charge in [-0.2, -0.15) is 5.10 Å². The van der Waals surface area contributed by atoms with E-state index < -0.39 is 0 Å². The zero-order valence-electron chi connectivity index (χ0n) is 4.81. The number of likely N-dealkylation sites (N-methyl/N-ethyl adjacent to an activating group) is 1. The highest BCUT2D eigenvalue weighted by Gasteiger charge is 1.88. The molecule has 8 heavy (non-hydrogen) atoms. The first-order valence-corrected chi connectivity index (χ1v) is 2.23. The van der Waals surface area contributed by atoms with Gasteiger partial charge < -0.3 is 16.6 Å². The molecule has 0 aromatic rings. The third-order valence-corrected chi connectivity index (χ3v) is 0.667. The highest BCUT2D eigenvalue weighted by Crippen LogP contribution is 1.58. The summed E-state index contributed by atoms with van der Waals surface area (Å²) < 4.78 is 0. The van der Waals surface area contributed by atoms with Gasteiger partial charge in [-0.05, 0) is 7.05 Å². The Balaban J connectivity index is 3.38. The van der Waals surface area contributed by atoms with E-state index in [0.29, 0.717) is 12.4 Å². The van der Waals surface area contributed by atoms with Crippen LogP contribution in [0.25, 0.3) is 0 Å². The van der Waals surface area contributed by atoms with Gasteiger partial charge in [0, 0.05) is 0 Å². The van der Waals surface area contributed by atoms with E-state index >= 15 is 0 Å². The average Bonchev–Trinajstić information content (AvgIpc) is 1.83. The summed E-state index contributed by atoms with van der Waals surface area (Å²) in [6.45, 7) is 0.562. The topological polar surface area (TPSA) is 88.5 Å². The van der Waals surface area contributed by atoms with Crippen molar-refractivity contribution in [1.82, 2.24) is 10.7 Å². The van der Waals surface area contributed by atoms with Crippen molar-refractivity contribution in [3.63, 3.8) is 0 Å². The number of hydrazine groups is 1. The van der Waals surface area contributed by atoms with Crippen molar-refractivity contribution in [2.45, 2.75) is 0 Å². The van der Waals surface area contributed by atoms with Crippen molar-refractivity contribution >= 4 is 5.84 Å². The molecule has 0 radical (unpaired) electrons. The normalized spacial score (nSPS) is 11.5. The molecule has 0 fully saturated rings. The summed E-state index contributed by atoms with van der Waals surface area (Å²) in [6.07, 6.45) is 0. The zero-order valence-corrected chi connectivity index (χ0v) is 4.81. The van der Waals surface area contributed by atoms with Gasteiger partial charge in [0.2, 0.25) is 0 Å². The minimum Gasteiger partial charge on any atom is -0.321 e. The Hall–Kier alpha value is -0.810. The maximum atomic E-state index is 4.97. The van der Waals surface area contributed by atoms with Gasteiger partial charge in [-0.15, -0.1) is 0 Å². The maximum Gasteiger partial charge on any atom is 0.149 e. The molecule has 0 saturated heterocycles. The van der Waals surface area contributed by atoms with Gasteiger partial charge >= 0.3 is 0 Å². The molecule has 0 unspecified atom stereocenters. The molecule has 0 aliphatic rings. The fraction of sp³-hybridized carbons (Fsp3) is 0.667. The van der Waals surface area contributed by atoms with E-state index in [1.165, 1.54) is 0 Å². The Morgan fingerprint density at radius 3 is 2.50 bits per heavy atom. The second-order valence-corrected chi connectivity index (χ2v) is 1.25. The zero-order chi connectivity index (χ0) is 6.41. The number of nitrogens with one attached hydrogen (secondary N) is 2. The first-order chi connectivity index (χ1) is 3.85. The molecule has 0 aromatic heterocycles. The van der Waals surface area contributed by atoms with E-state index in [4.69, 9.17) is 11.7 Å². The van der Waals surface area contributed by atoms with Gasteiger partial charge in [0.05, 0.1) is 6.54 Å². The fourth-order valence-corrected chi connectivity index (χ4v) is 0.301. The van der Waals surface area contributed by atoms with E-state index in [1.807, 2.05) is 0 Å². The molecule has 0 atom stereocenters. The van der Waals surface area contributed by atoms with Crippen LogP contribution in [0.15, 0.2) is 5.10 Å². The number of hydrogen-bond acceptors (Lipinski definition) is 4. The van der Waals surface area contributed by atoms with Gasteiger partial charge in [-0.1, -0.05) is 0 Å². The molecule has 0 bridgehead atoms. The quantitative estimate of drug-likeness (QED) is 0.145. The van der Waals surface area contributed by atoms with Crippen molar-refractivity contribution in [2.24, 2.45) is 16.8 Å². The minimum atomic E-state index is 0.535. The number of hydrogen-bond donors (Lipinski definition) is 4. The number of nitrogens with two attached hydrogens (primary N) is 2. The lowest BCUT2D eigenvalue weighted by Gasteiger charge is -1.99. The van der Waals surface area contributed by atoms with Gasteiger partial charge in [-0.25, -0.2) is 5.84 Å². The molecule has 0 amide bonds. The number of nitrogens with zero attached hydrogens (tertiary/aromatic N) is 1. The second-order valence-electron chi connectivity index (χ2n) is 1.25. The van der Waals surface area contributed by atoms with Gasteiger partial charge in [0.1, 0.15) is 5.84 Å². The van der Waals surface area contributed by atoms with Crippen LogP contribution in [0.3, 0.4) is 0 Å². The lowest BCUT2D eigenvalue weighted by atomic mass is 10.6. The molecule has 5 heteroatoms. The van der Waals surface area contributed by atoms with E-state index in [0.717, 1.165) is 0 Å². The summed E-state index contributed by atoms with van der Waals surface area (Å²) in [5, 5.41) is 6.13. The van der Waals surface area contributed by atoms with E-state index in [1.54, 1.807) is 7.05 Å². The van der Waals surface area contributed by atoms with Crippen LogP contribution in [0, 0.1) is 0 Å². The molecule has 0 spiro atoms. The molecule has 0 saturated carbocycles. The van der Waals surface area contributed by atoms with Crippen LogP contribution < -0.4 is 22.4 Å². The minimum absolute atomic E-state index is 0.535. The summed E-state index contributed by atoms with van der Waals surface area (Å²) >= 11 is 0. The Morgan fingerprint density at radius 1 is 1.75 bits per heavy atom. The lowest BCUT2D eigenvalue weighted by molar-refractivity contribution is 0.879. The van der Waals surface area contributed by atoms with Gasteiger partial charge in [0.25, 0.3) is 0 Å². The largest absolute Gasteiger partial charge is 0.321 e. The Labute approximate surface area is 48.1 Å². The molecule has 0 aliphatic heterocycles. The molecule has 0 rings (SSSR count). The van der Waals surface area contributed by atoms with E-state index in [2.05, 4.69) is 15.8 Å². The summed E-state index contributed by atoms with van der Waals surface area (Å²) in [5.41, 5.74) is 2.32. The van der Waals surface area contributed by atoms with E-state index in [9.17, 15) is 0 Å². The third-order valence-electron chi connectivity index (χ3n) is 0.667. The molecule has 6 N–H and O–H groups in total. The predicted molar refractivity (Wildman–Crippen MR) is 32.9 cm³/mol. The molecular formula is C3H11N5. The Morgan fingerprint density at radius 2 is 2.38 bits per heavy atom. The van der Waals surface area contributed by atoms with Crippen molar-refractivity contribution in [1.29, 1.82) is 0 Å².